The Morgan fingerprint density at radius 2 is 0.914 bits per heavy atom. The van der Waals surface area contributed by atoms with Crippen LogP contribution in [0.2, 0.25) is 0 Å². The van der Waals surface area contributed by atoms with Gasteiger partial charge in [0.15, 0.2) is 0 Å². The molecule has 0 aliphatic rings. The Kier molecular flexibility index (Phi) is 6.52. The van der Waals surface area contributed by atoms with Crippen LogP contribution in [-0.2, 0) is 9.84 Å². The topological polar surface area (TPSA) is 127 Å². The van der Waals surface area contributed by atoms with Crippen LogP contribution in [0.1, 0.15) is 20.7 Å². The Morgan fingerprint density at radius 3 is 1.26 bits per heavy atom. The van der Waals surface area contributed by atoms with Gasteiger partial charge in [-0.15, -0.1) is 0 Å². The van der Waals surface area contributed by atoms with Gasteiger partial charge < -0.3 is 19.7 Å². The normalized spacial score (nSPS) is 11.0. The standard InChI is InChI=1S/C26H18O8S/c27-25(28)17-3-1-5-21(15-17)33-19-7-11-23(12-8-19)35(31,32)24-13-9-20(10-14-24)34-22-6-2-4-18(16-22)26(29)30/h1-16H,(H,27,28)(H,29,30). The van der Waals surface area contributed by atoms with E-state index in [2.05, 4.69) is 0 Å². The second-order valence-corrected chi connectivity index (χ2v) is 9.27. The van der Waals surface area contributed by atoms with E-state index < -0.39 is 21.8 Å². The van der Waals surface area contributed by atoms with E-state index in [1.54, 1.807) is 24.3 Å². The molecule has 4 aromatic carbocycles. The van der Waals surface area contributed by atoms with Gasteiger partial charge in [-0.2, -0.15) is 0 Å². The maximum atomic E-state index is 13.0. The number of hydrogen-bond acceptors (Lipinski definition) is 6. The van der Waals surface area contributed by atoms with Crippen molar-refractivity contribution in [1.82, 2.24) is 0 Å². The summed E-state index contributed by atoms with van der Waals surface area (Å²) in [5, 5.41) is 18.2. The first-order chi connectivity index (χ1) is 16.7. The van der Waals surface area contributed by atoms with Gasteiger partial charge in [0.25, 0.3) is 0 Å². The van der Waals surface area contributed by atoms with Crippen LogP contribution >= 0.6 is 0 Å². The van der Waals surface area contributed by atoms with Crippen LogP contribution in [-0.4, -0.2) is 30.6 Å². The second kappa shape index (κ2) is 9.70. The summed E-state index contributed by atoms with van der Waals surface area (Å²) < 4.78 is 37.3. The third-order valence-corrected chi connectivity index (χ3v) is 6.69. The molecule has 0 heterocycles. The van der Waals surface area contributed by atoms with Crippen LogP contribution in [0.5, 0.6) is 23.0 Å². The first kappa shape index (κ1) is 23.5. The lowest BCUT2D eigenvalue weighted by atomic mass is 10.2. The van der Waals surface area contributed by atoms with Crippen LogP contribution in [0.4, 0.5) is 0 Å². The third-order valence-electron chi connectivity index (χ3n) is 4.90. The van der Waals surface area contributed by atoms with Gasteiger partial charge in [-0.3, -0.25) is 0 Å². The van der Waals surface area contributed by atoms with Crippen LogP contribution in [0, 0.1) is 0 Å². The first-order valence-electron chi connectivity index (χ1n) is 10.2. The van der Waals surface area contributed by atoms with Gasteiger partial charge in [-0.1, -0.05) is 12.1 Å². The minimum atomic E-state index is -3.82. The predicted octanol–water partition coefficient (Wildman–Crippen LogP) is 5.50. The number of sulfone groups is 1. The molecule has 0 saturated carbocycles. The molecule has 0 saturated heterocycles. The number of rotatable bonds is 8. The second-order valence-electron chi connectivity index (χ2n) is 7.32. The van der Waals surface area contributed by atoms with E-state index in [0.717, 1.165) is 0 Å². The zero-order chi connectivity index (χ0) is 25.0. The maximum absolute atomic E-state index is 13.0. The summed E-state index contributed by atoms with van der Waals surface area (Å²) in [7, 11) is -3.82. The van der Waals surface area contributed by atoms with Gasteiger partial charge in [0.1, 0.15) is 23.0 Å². The number of carbonyl (C=O) groups is 2. The van der Waals surface area contributed by atoms with Crippen LogP contribution < -0.4 is 9.47 Å². The molecule has 4 aromatic rings. The van der Waals surface area contributed by atoms with E-state index in [9.17, 15) is 18.0 Å². The quantitative estimate of drug-likeness (QED) is 0.331. The van der Waals surface area contributed by atoms with Gasteiger partial charge >= 0.3 is 11.9 Å². The molecule has 0 atom stereocenters. The fourth-order valence-electron chi connectivity index (χ4n) is 3.17. The van der Waals surface area contributed by atoms with Gasteiger partial charge in [0, 0.05) is 0 Å². The lowest BCUT2D eigenvalue weighted by Crippen LogP contribution is -2.02. The van der Waals surface area contributed by atoms with Crippen molar-refractivity contribution in [3.63, 3.8) is 0 Å². The minimum absolute atomic E-state index is 0.0481. The average molecular weight is 490 g/mol. The highest BCUT2D eigenvalue weighted by molar-refractivity contribution is 7.91. The van der Waals surface area contributed by atoms with E-state index in [0.29, 0.717) is 23.0 Å². The Morgan fingerprint density at radius 1 is 0.543 bits per heavy atom. The zero-order valence-corrected chi connectivity index (χ0v) is 18.8. The highest BCUT2D eigenvalue weighted by Gasteiger charge is 2.18. The molecule has 0 aliphatic carbocycles. The van der Waals surface area contributed by atoms with Gasteiger partial charge in [-0.25, -0.2) is 18.0 Å². The van der Waals surface area contributed by atoms with Crippen molar-refractivity contribution in [3.8, 4) is 23.0 Å². The number of aromatic carboxylic acids is 2. The molecule has 0 aromatic heterocycles. The van der Waals surface area contributed by atoms with E-state index >= 15 is 0 Å². The minimum Gasteiger partial charge on any atom is -0.478 e. The highest BCUT2D eigenvalue weighted by Crippen LogP contribution is 2.29. The molecule has 176 valence electrons. The fraction of sp³-hybridized carbons (Fsp3) is 0. The molecule has 35 heavy (non-hydrogen) atoms. The number of hydrogen-bond donors (Lipinski definition) is 2. The summed E-state index contributed by atoms with van der Waals surface area (Å²) in [6, 6.07) is 23.4. The van der Waals surface area contributed by atoms with Gasteiger partial charge in [-0.05, 0) is 84.9 Å². The van der Waals surface area contributed by atoms with E-state index in [1.807, 2.05) is 0 Å². The highest BCUT2D eigenvalue weighted by atomic mass is 32.2. The molecule has 2 N–H and O–H groups in total. The number of ether oxygens (including phenoxy) is 2. The molecule has 9 heteroatoms. The number of carboxylic acid groups (broad SMARTS) is 2. The molecule has 0 bridgehead atoms. The molecule has 0 unspecified atom stereocenters. The van der Waals surface area contributed by atoms with Crippen molar-refractivity contribution < 1.29 is 37.7 Å². The largest absolute Gasteiger partial charge is 0.478 e. The van der Waals surface area contributed by atoms with E-state index in [1.165, 1.54) is 72.8 Å². The molecule has 0 spiro atoms. The zero-order valence-electron chi connectivity index (χ0n) is 18.0. The Balaban J connectivity index is 1.48. The molecule has 0 amide bonds. The fourth-order valence-corrected chi connectivity index (χ4v) is 4.43. The van der Waals surface area contributed by atoms with Crippen molar-refractivity contribution in [2.24, 2.45) is 0 Å². The summed E-state index contributed by atoms with van der Waals surface area (Å²) in [6.07, 6.45) is 0. The molecular weight excluding hydrogens is 472 g/mol. The van der Waals surface area contributed by atoms with Crippen molar-refractivity contribution >= 4 is 21.8 Å². The Bertz CT molecular complexity index is 1380. The molecule has 0 radical (unpaired) electrons. The SMILES string of the molecule is O=C(O)c1cccc(Oc2ccc(S(=O)(=O)c3ccc(Oc4cccc(C(=O)O)c4)cc3)cc2)c1. The Hall–Kier alpha value is -4.63. The average Bonchev–Trinajstić information content (AvgIpc) is 2.85. The lowest BCUT2D eigenvalue weighted by molar-refractivity contribution is 0.0686. The summed E-state index contributed by atoms with van der Waals surface area (Å²) in [5.41, 5.74) is 0.146. The van der Waals surface area contributed by atoms with Crippen molar-refractivity contribution in [3.05, 3.63) is 108 Å². The first-order valence-corrected chi connectivity index (χ1v) is 11.7. The van der Waals surface area contributed by atoms with Crippen LogP contribution in [0.15, 0.2) is 107 Å². The van der Waals surface area contributed by atoms with Gasteiger partial charge in [0.05, 0.1) is 20.9 Å². The van der Waals surface area contributed by atoms with Crippen molar-refractivity contribution in [2.75, 3.05) is 0 Å². The molecule has 8 nitrogen and oxygen atoms in total. The summed E-state index contributed by atoms with van der Waals surface area (Å²) in [6.45, 7) is 0. The van der Waals surface area contributed by atoms with Crippen LogP contribution in [0.3, 0.4) is 0 Å². The van der Waals surface area contributed by atoms with Crippen LogP contribution in [0.25, 0.3) is 0 Å². The summed E-state index contributed by atoms with van der Waals surface area (Å²) in [4.78, 5) is 22.3. The third kappa shape index (κ3) is 5.48. The molecule has 0 fully saturated rings. The smallest absolute Gasteiger partial charge is 0.335 e. The van der Waals surface area contributed by atoms with Gasteiger partial charge in [0.2, 0.25) is 9.84 Å². The van der Waals surface area contributed by atoms with Crippen molar-refractivity contribution in [1.29, 1.82) is 0 Å². The summed E-state index contributed by atoms with van der Waals surface area (Å²) in [5.74, 6) is -0.850. The van der Waals surface area contributed by atoms with E-state index in [4.69, 9.17) is 19.7 Å². The number of carboxylic acids is 2. The van der Waals surface area contributed by atoms with Crippen molar-refractivity contribution in [2.45, 2.75) is 9.79 Å². The predicted molar refractivity (Wildman–Crippen MR) is 125 cm³/mol. The van der Waals surface area contributed by atoms with E-state index in [-0.39, 0.29) is 20.9 Å². The monoisotopic (exact) mass is 490 g/mol. The molecule has 4 rings (SSSR count). The lowest BCUT2D eigenvalue weighted by Gasteiger charge is -2.10. The molecular formula is C26H18O8S. The number of benzene rings is 4. The molecule has 0 aliphatic heterocycles. The summed E-state index contributed by atoms with van der Waals surface area (Å²) >= 11 is 0. The maximum Gasteiger partial charge on any atom is 0.335 e. The Labute approximate surface area is 200 Å².